The summed E-state index contributed by atoms with van der Waals surface area (Å²) in [6.45, 7) is 0.912. The van der Waals surface area contributed by atoms with Gasteiger partial charge in [-0.1, -0.05) is 0 Å². The second-order valence-electron chi connectivity index (χ2n) is 5.54. The predicted octanol–water partition coefficient (Wildman–Crippen LogP) is 1.10. The topological polar surface area (TPSA) is 62.3 Å². The van der Waals surface area contributed by atoms with E-state index in [9.17, 15) is 18.4 Å². The lowest BCUT2D eigenvalue weighted by atomic mass is 10.1. The maximum atomic E-state index is 13.4. The van der Waals surface area contributed by atoms with Gasteiger partial charge in [-0.2, -0.15) is 0 Å². The number of nitrogens with zero attached hydrogens (tertiary/aromatic N) is 2. The number of amides is 2. The molecule has 1 N–H and O–H groups in total. The van der Waals surface area contributed by atoms with Crippen molar-refractivity contribution in [3.63, 3.8) is 0 Å². The summed E-state index contributed by atoms with van der Waals surface area (Å²) in [6.07, 6.45) is 3.30. The van der Waals surface area contributed by atoms with Crippen LogP contribution in [0.5, 0.6) is 0 Å². The van der Waals surface area contributed by atoms with Gasteiger partial charge in [0, 0.05) is 37.5 Å². The van der Waals surface area contributed by atoms with E-state index in [1.165, 1.54) is 0 Å². The normalized spacial score (nSPS) is 21.7. The molecule has 0 spiro atoms. The van der Waals surface area contributed by atoms with E-state index < -0.39 is 23.2 Å². The zero-order chi connectivity index (χ0) is 15.0. The van der Waals surface area contributed by atoms with Crippen molar-refractivity contribution < 1.29 is 18.4 Å². The largest absolute Gasteiger partial charge is 0.350 e. The Morgan fingerprint density at radius 1 is 1.43 bits per heavy atom. The lowest BCUT2D eigenvalue weighted by Gasteiger charge is -2.15. The Balaban J connectivity index is 1.55. The van der Waals surface area contributed by atoms with Gasteiger partial charge < -0.3 is 10.2 Å². The Morgan fingerprint density at radius 2 is 2.19 bits per heavy atom. The number of aromatic nitrogens is 1. The number of hydrogen-bond donors (Lipinski definition) is 1. The first-order valence-electron chi connectivity index (χ1n) is 6.93. The van der Waals surface area contributed by atoms with Crippen LogP contribution in [0.25, 0.3) is 0 Å². The number of likely N-dealkylation sites (tertiary alicyclic amines) is 1. The van der Waals surface area contributed by atoms with Gasteiger partial charge in [-0.05, 0) is 12.8 Å². The molecule has 1 aromatic rings. The monoisotopic (exact) mass is 295 g/mol. The summed E-state index contributed by atoms with van der Waals surface area (Å²) in [5, 5.41) is 2.56. The van der Waals surface area contributed by atoms with Crippen molar-refractivity contribution in [2.75, 3.05) is 13.1 Å². The molecule has 0 radical (unpaired) electrons. The fraction of sp³-hybridized carbons (Fsp3) is 0.500. The standard InChI is InChI=1S/C14H15F2N3O2/c15-9-4-11(16)13(17-6-9)14(21)18-5-8-3-12(20)19(7-8)10-1-2-10/h4,6,8,10H,1-3,5,7H2,(H,18,21)/t8-/m1/s1. The second kappa shape index (κ2) is 5.38. The molecule has 21 heavy (non-hydrogen) atoms. The Labute approximate surface area is 120 Å². The smallest absolute Gasteiger partial charge is 0.272 e. The number of nitrogens with one attached hydrogen (secondary N) is 1. The van der Waals surface area contributed by atoms with E-state index >= 15 is 0 Å². The molecule has 7 heteroatoms. The molecule has 2 aliphatic rings. The summed E-state index contributed by atoms with van der Waals surface area (Å²) in [5.74, 6) is -2.36. The van der Waals surface area contributed by atoms with E-state index in [1.54, 1.807) is 0 Å². The molecule has 0 aromatic carbocycles. The lowest BCUT2D eigenvalue weighted by molar-refractivity contribution is -0.128. The van der Waals surface area contributed by atoms with Gasteiger partial charge >= 0.3 is 0 Å². The van der Waals surface area contributed by atoms with Crippen molar-refractivity contribution in [1.82, 2.24) is 15.2 Å². The molecule has 2 amide bonds. The molecular formula is C14H15F2N3O2. The van der Waals surface area contributed by atoms with Crippen LogP contribution in [0.4, 0.5) is 8.78 Å². The molecule has 1 aliphatic heterocycles. The number of rotatable bonds is 4. The molecule has 1 saturated carbocycles. The van der Waals surface area contributed by atoms with E-state index in [1.807, 2.05) is 4.90 Å². The average Bonchev–Trinajstić information content (AvgIpc) is 3.20. The van der Waals surface area contributed by atoms with Crippen LogP contribution < -0.4 is 5.32 Å². The number of pyridine rings is 1. The third-order valence-corrected chi connectivity index (χ3v) is 3.80. The van der Waals surface area contributed by atoms with Crippen LogP contribution in [-0.2, 0) is 4.79 Å². The Kier molecular flexibility index (Phi) is 3.57. The summed E-state index contributed by atoms with van der Waals surface area (Å²) >= 11 is 0. The van der Waals surface area contributed by atoms with Crippen LogP contribution >= 0.6 is 0 Å². The number of carbonyl (C=O) groups excluding carboxylic acids is 2. The fourth-order valence-electron chi connectivity index (χ4n) is 2.59. The number of carbonyl (C=O) groups is 2. The Bertz CT molecular complexity index is 590. The van der Waals surface area contributed by atoms with Crippen molar-refractivity contribution in [1.29, 1.82) is 0 Å². The first kappa shape index (κ1) is 13.9. The van der Waals surface area contributed by atoms with Crippen LogP contribution in [0.3, 0.4) is 0 Å². The molecule has 1 atom stereocenters. The highest BCUT2D eigenvalue weighted by Crippen LogP contribution is 2.32. The van der Waals surface area contributed by atoms with Crippen molar-refractivity contribution in [2.24, 2.45) is 5.92 Å². The zero-order valence-electron chi connectivity index (χ0n) is 11.3. The minimum Gasteiger partial charge on any atom is -0.350 e. The van der Waals surface area contributed by atoms with Crippen LogP contribution in [0.15, 0.2) is 12.3 Å². The minimum atomic E-state index is -0.991. The molecule has 1 aromatic heterocycles. The van der Waals surface area contributed by atoms with Crippen molar-refractivity contribution in [3.05, 3.63) is 29.6 Å². The van der Waals surface area contributed by atoms with E-state index in [0.717, 1.165) is 19.0 Å². The fourth-order valence-corrected chi connectivity index (χ4v) is 2.59. The summed E-state index contributed by atoms with van der Waals surface area (Å²) < 4.78 is 26.1. The summed E-state index contributed by atoms with van der Waals surface area (Å²) in [4.78, 5) is 28.9. The molecule has 5 nitrogen and oxygen atoms in total. The first-order chi connectivity index (χ1) is 10.0. The summed E-state index contributed by atoms with van der Waals surface area (Å²) in [5.41, 5.74) is -0.431. The summed E-state index contributed by atoms with van der Waals surface area (Å²) in [6, 6.07) is 0.991. The van der Waals surface area contributed by atoms with Crippen molar-refractivity contribution in [2.45, 2.75) is 25.3 Å². The molecule has 2 fully saturated rings. The molecule has 0 unspecified atom stereocenters. The van der Waals surface area contributed by atoms with E-state index in [0.29, 0.717) is 25.1 Å². The van der Waals surface area contributed by atoms with Gasteiger partial charge in [-0.15, -0.1) is 0 Å². The third-order valence-electron chi connectivity index (χ3n) is 3.80. The van der Waals surface area contributed by atoms with Crippen LogP contribution in [-0.4, -0.2) is 40.8 Å². The second-order valence-corrected chi connectivity index (χ2v) is 5.54. The average molecular weight is 295 g/mol. The van der Waals surface area contributed by atoms with E-state index in [2.05, 4.69) is 10.3 Å². The van der Waals surface area contributed by atoms with Gasteiger partial charge in [0.1, 0.15) is 5.82 Å². The quantitative estimate of drug-likeness (QED) is 0.905. The molecule has 0 bridgehead atoms. The van der Waals surface area contributed by atoms with Crippen molar-refractivity contribution in [3.8, 4) is 0 Å². The maximum Gasteiger partial charge on any atom is 0.272 e. The molecule has 112 valence electrons. The van der Waals surface area contributed by atoms with Crippen LogP contribution in [0, 0.1) is 17.6 Å². The highest BCUT2D eigenvalue weighted by atomic mass is 19.1. The van der Waals surface area contributed by atoms with Crippen LogP contribution in [0.2, 0.25) is 0 Å². The number of hydrogen-bond acceptors (Lipinski definition) is 3. The maximum absolute atomic E-state index is 13.4. The van der Waals surface area contributed by atoms with E-state index in [4.69, 9.17) is 0 Å². The predicted molar refractivity (Wildman–Crippen MR) is 69.3 cm³/mol. The van der Waals surface area contributed by atoms with Crippen molar-refractivity contribution >= 4 is 11.8 Å². The van der Waals surface area contributed by atoms with Gasteiger partial charge in [0.25, 0.3) is 5.91 Å². The van der Waals surface area contributed by atoms with Crippen LogP contribution in [0.1, 0.15) is 29.8 Å². The van der Waals surface area contributed by atoms with Gasteiger partial charge in [0.2, 0.25) is 5.91 Å². The van der Waals surface area contributed by atoms with Gasteiger partial charge in [-0.25, -0.2) is 13.8 Å². The number of halogens is 2. The lowest BCUT2D eigenvalue weighted by Crippen LogP contribution is -2.32. The van der Waals surface area contributed by atoms with E-state index in [-0.39, 0.29) is 18.4 Å². The Hall–Kier alpha value is -2.05. The molecular weight excluding hydrogens is 280 g/mol. The third kappa shape index (κ3) is 3.01. The molecule has 1 saturated heterocycles. The molecule has 3 rings (SSSR count). The van der Waals surface area contributed by atoms with Gasteiger partial charge in [-0.3, -0.25) is 9.59 Å². The Morgan fingerprint density at radius 3 is 2.86 bits per heavy atom. The molecule has 1 aliphatic carbocycles. The first-order valence-corrected chi connectivity index (χ1v) is 6.93. The van der Waals surface area contributed by atoms with Gasteiger partial charge in [0.15, 0.2) is 11.5 Å². The SMILES string of the molecule is O=C(NC[C@H]1CC(=O)N(C2CC2)C1)c1ncc(F)cc1F. The summed E-state index contributed by atoms with van der Waals surface area (Å²) in [7, 11) is 0. The highest BCUT2D eigenvalue weighted by molar-refractivity contribution is 5.92. The zero-order valence-corrected chi connectivity index (χ0v) is 11.3. The minimum absolute atomic E-state index is 0.0329. The molecule has 2 heterocycles. The highest BCUT2D eigenvalue weighted by Gasteiger charge is 2.39. The van der Waals surface area contributed by atoms with Gasteiger partial charge in [0.05, 0.1) is 6.20 Å².